The minimum atomic E-state index is -0.0776. The Bertz CT molecular complexity index is 579. The van der Waals surface area contributed by atoms with Crippen molar-refractivity contribution in [1.29, 1.82) is 0 Å². The standard InChI is InChI=1S/C14H17N3O2S/c1-2-12-15-13(19-16-12)10-6-3-4-8-17(10)14(18)11-7-5-9-20-11/h5,7,9-10H,2-4,6,8H2,1H3/t10-/m0/s1. The number of aromatic nitrogens is 2. The van der Waals surface area contributed by atoms with E-state index < -0.39 is 0 Å². The molecule has 0 aliphatic carbocycles. The van der Waals surface area contributed by atoms with Crippen molar-refractivity contribution in [2.45, 2.75) is 38.6 Å². The molecule has 20 heavy (non-hydrogen) atoms. The first-order chi connectivity index (χ1) is 9.79. The number of thiophene rings is 1. The third-order valence-corrected chi connectivity index (χ3v) is 4.44. The van der Waals surface area contributed by atoms with Crippen LogP contribution in [0.15, 0.2) is 22.0 Å². The number of hydrogen-bond acceptors (Lipinski definition) is 5. The van der Waals surface area contributed by atoms with Crippen LogP contribution in [0.25, 0.3) is 0 Å². The number of hydrogen-bond donors (Lipinski definition) is 0. The van der Waals surface area contributed by atoms with Crippen LogP contribution >= 0.6 is 11.3 Å². The summed E-state index contributed by atoms with van der Waals surface area (Å²) in [5.41, 5.74) is 0. The third kappa shape index (κ3) is 2.47. The number of carbonyl (C=O) groups is 1. The van der Waals surface area contributed by atoms with Gasteiger partial charge in [0.1, 0.15) is 6.04 Å². The summed E-state index contributed by atoms with van der Waals surface area (Å²) in [6.07, 6.45) is 3.75. The molecule has 2 aromatic rings. The van der Waals surface area contributed by atoms with E-state index in [0.717, 1.165) is 37.1 Å². The Morgan fingerprint density at radius 2 is 2.45 bits per heavy atom. The smallest absolute Gasteiger partial charge is 0.264 e. The highest BCUT2D eigenvalue weighted by Crippen LogP contribution is 2.31. The van der Waals surface area contributed by atoms with Crippen LogP contribution in [0.4, 0.5) is 0 Å². The van der Waals surface area contributed by atoms with Gasteiger partial charge in [0.25, 0.3) is 5.91 Å². The lowest BCUT2D eigenvalue weighted by Crippen LogP contribution is -2.38. The molecule has 1 aliphatic rings. The minimum Gasteiger partial charge on any atom is -0.337 e. The summed E-state index contributed by atoms with van der Waals surface area (Å²) >= 11 is 1.47. The lowest BCUT2D eigenvalue weighted by atomic mass is 10.0. The van der Waals surface area contributed by atoms with Crippen LogP contribution in [-0.4, -0.2) is 27.5 Å². The first-order valence-corrected chi connectivity index (χ1v) is 7.84. The zero-order valence-electron chi connectivity index (χ0n) is 11.4. The van der Waals surface area contributed by atoms with E-state index in [1.807, 2.05) is 29.3 Å². The summed E-state index contributed by atoms with van der Waals surface area (Å²) in [5.74, 6) is 1.35. The van der Waals surface area contributed by atoms with E-state index in [2.05, 4.69) is 10.1 Å². The van der Waals surface area contributed by atoms with Crippen LogP contribution in [0.1, 0.15) is 53.6 Å². The summed E-state index contributed by atoms with van der Waals surface area (Å²) in [4.78, 5) is 19.6. The van der Waals surface area contributed by atoms with Gasteiger partial charge in [0.15, 0.2) is 5.82 Å². The molecule has 5 nitrogen and oxygen atoms in total. The minimum absolute atomic E-state index is 0.0703. The molecule has 3 heterocycles. The maximum atomic E-state index is 12.6. The van der Waals surface area contributed by atoms with Gasteiger partial charge in [0, 0.05) is 13.0 Å². The number of piperidine rings is 1. The van der Waals surface area contributed by atoms with Gasteiger partial charge in [-0.2, -0.15) is 4.98 Å². The van der Waals surface area contributed by atoms with Crippen molar-refractivity contribution in [3.05, 3.63) is 34.1 Å². The van der Waals surface area contributed by atoms with E-state index in [4.69, 9.17) is 4.52 Å². The van der Waals surface area contributed by atoms with Gasteiger partial charge in [-0.3, -0.25) is 4.79 Å². The average molecular weight is 291 g/mol. The van der Waals surface area contributed by atoms with Gasteiger partial charge < -0.3 is 9.42 Å². The van der Waals surface area contributed by atoms with Crippen LogP contribution in [-0.2, 0) is 6.42 Å². The van der Waals surface area contributed by atoms with Crippen molar-refractivity contribution < 1.29 is 9.32 Å². The highest BCUT2D eigenvalue weighted by Gasteiger charge is 2.32. The summed E-state index contributed by atoms with van der Waals surface area (Å²) in [7, 11) is 0. The second-order valence-electron chi connectivity index (χ2n) is 4.89. The first-order valence-electron chi connectivity index (χ1n) is 6.96. The lowest BCUT2D eigenvalue weighted by Gasteiger charge is -2.33. The van der Waals surface area contributed by atoms with Crippen molar-refractivity contribution in [1.82, 2.24) is 15.0 Å². The van der Waals surface area contributed by atoms with Gasteiger partial charge in [0.05, 0.1) is 4.88 Å². The van der Waals surface area contributed by atoms with E-state index in [0.29, 0.717) is 11.7 Å². The second kappa shape index (κ2) is 5.75. The Balaban J connectivity index is 1.85. The Morgan fingerprint density at radius 3 is 3.15 bits per heavy atom. The fraction of sp³-hybridized carbons (Fsp3) is 0.500. The largest absolute Gasteiger partial charge is 0.337 e. The quantitative estimate of drug-likeness (QED) is 0.872. The monoisotopic (exact) mass is 291 g/mol. The lowest BCUT2D eigenvalue weighted by molar-refractivity contribution is 0.0566. The molecule has 1 atom stereocenters. The Morgan fingerprint density at radius 1 is 1.55 bits per heavy atom. The Hall–Kier alpha value is -1.69. The molecule has 1 amide bonds. The summed E-state index contributed by atoms with van der Waals surface area (Å²) < 4.78 is 5.34. The molecule has 106 valence electrons. The van der Waals surface area contributed by atoms with Crippen molar-refractivity contribution in [2.24, 2.45) is 0 Å². The predicted octanol–water partition coefficient (Wildman–Crippen LogP) is 3.06. The van der Waals surface area contributed by atoms with E-state index in [-0.39, 0.29) is 11.9 Å². The van der Waals surface area contributed by atoms with Crippen LogP contribution in [0, 0.1) is 0 Å². The number of likely N-dealkylation sites (tertiary alicyclic amines) is 1. The zero-order valence-corrected chi connectivity index (χ0v) is 12.2. The first kappa shape index (κ1) is 13.3. The summed E-state index contributed by atoms with van der Waals surface area (Å²) in [6, 6.07) is 3.69. The number of aryl methyl sites for hydroxylation is 1. The molecule has 0 unspecified atom stereocenters. The average Bonchev–Trinajstić information content (AvgIpc) is 3.17. The fourth-order valence-corrected chi connectivity index (χ4v) is 3.20. The molecule has 0 spiro atoms. The summed E-state index contributed by atoms with van der Waals surface area (Å²) in [5, 5.41) is 5.87. The number of amides is 1. The maximum absolute atomic E-state index is 12.6. The van der Waals surface area contributed by atoms with E-state index in [9.17, 15) is 4.79 Å². The van der Waals surface area contributed by atoms with Gasteiger partial charge in [-0.05, 0) is 30.7 Å². The normalized spacial score (nSPS) is 19.2. The number of nitrogens with zero attached hydrogens (tertiary/aromatic N) is 3. The molecule has 1 fully saturated rings. The molecule has 0 aromatic carbocycles. The van der Waals surface area contributed by atoms with Crippen LogP contribution in [0.2, 0.25) is 0 Å². The molecule has 1 saturated heterocycles. The van der Waals surface area contributed by atoms with Gasteiger partial charge in [-0.25, -0.2) is 0 Å². The van der Waals surface area contributed by atoms with Crippen LogP contribution in [0.3, 0.4) is 0 Å². The molecule has 0 bridgehead atoms. The van der Waals surface area contributed by atoms with Gasteiger partial charge in [-0.15, -0.1) is 11.3 Å². The van der Waals surface area contributed by atoms with E-state index in [1.54, 1.807) is 0 Å². The van der Waals surface area contributed by atoms with E-state index >= 15 is 0 Å². The van der Waals surface area contributed by atoms with Crippen molar-refractivity contribution in [2.75, 3.05) is 6.54 Å². The second-order valence-corrected chi connectivity index (χ2v) is 5.84. The fourth-order valence-electron chi connectivity index (χ4n) is 2.52. The number of carbonyl (C=O) groups excluding carboxylic acids is 1. The maximum Gasteiger partial charge on any atom is 0.264 e. The van der Waals surface area contributed by atoms with Crippen LogP contribution < -0.4 is 0 Å². The molecule has 0 saturated carbocycles. The number of rotatable bonds is 3. The van der Waals surface area contributed by atoms with Gasteiger partial charge in [-0.1, -0.05) is 18.1 Å². The highest BCUT2D eigenvalue weighted by molar-refractivity contribution is 7.12. The molecule has 0 radical (unpaired) electrons. The van der Waals surface area contributed by atoms with Crippen molar-refractivity contribution in [3.8, 4) is 0 Å². The van der Waals surface area contributed by atoms with Gasteiger partial charge in [0.2, 0.25) is 5.89 Å². The molecule has 6 heteroatoms. The van der Waals surface area contributed by atoms with Crippen LogP contribution in [0.5, 0.6) is 0 Å². The molecular formula is C14H17N3O2S. The molecule has 3 rings (SSSR count). The Labute approximate surface area is 121 Å². The SMILES string of the molecule is CCc1noc([C@@H]2CCCCN2C(=O)c2cccs2)n1. The molecule has 1 aliphatic heterocycles. The van der Waals surface area contributed by atoms with Gasteiger partial charge >= 0.3 is 0 Å². The topological polar surface area (TPSA) is 59.2 Å². The van der Waals surface area contributed by atoms with Crippen molar-refractivity contribution in [3.63, 3.8) is 0 Å². The molecule has 2 aromatic heterocycles. The molecule has 0 N–H and O–H groups in total. The third-order valence-electron chi connectivity index (χ3n) is 3.58. The highest BCUT2D eigenvalue weighted by atomic mass is 32.1. The zero-order chi connectivity index (χ0) is 13.9. The Kier molecular flexibility index (Phi) is 3.82. The predicted molar refractivity (Wildman–Crippen MR) is 75.6 cm³/mol. The van der Waals surface area contributed by atoms with Crippen molar-refractivity contribution >= 4 is 17.2 Å². The molecular weight excluding hydrogens is 274 g/mol. The summed E-state index contributed by atoms with van der Waals surface area (Å²) in [6.45, 7) is 2.75. The van der Waals surface area contributed by atoms with E-state index in [1.165, 1.54) is 11.3 Å².